The van der Waals surface area contributed by atoms with Gasteiger partial charge >= 0.3 is 0 Å². The Kier molecular flexibility index (Phi) is 5.43. The third-order valence-electron chi connectivity index (χ3n) is 4.54. The van der Waals surface area contributed by atoms with Crippen LogP contribution in [0.2, 0.25) is 0 Å². The minimum Gasteiger partial charge on any atom is -0.351 e. The minimum absolute atomic E-state index is 0.0855. The molecule has 0 unspecified atom stereocenters. The summed E-state index contributed by atoms with van der Waals surface area (Å²) >= 11 is 0. The lowest BCUT2D eigenvalue weighted by Crippen LogP contribution is -2.38. The predicted octanol–water partition coefficient (Wildman–Crippen LogP) is 3.55. The maximum atomic E-state index is 13.9. The van der Waals surface area contributed by atoms with Crippen LogP contribution in [0, 0.1) is 18.6 Å². The van der Waals surface area contributed by atoms with Crippen molar-refractivity contribution in [2.75, 3.05) is 6.54 Å². The summed E-state index contributed by atoms with van der Waals surface area (Å²) in [5.41, 5.74) is 2.63. The standard InChI is InChI=1S/C20H22F2N2O/c1-14-4-2-3-5-15(14)11-23-20(25)13-24(18-8-9-18)12-16-6-7-17(21)10-19(16)22/h2-7,10,18H,8-9,11-13H2,1H3,(H,23,25). The molecule has 1 N–H and O–H groups in total. The first-order valence-corrected chi connectivity index (χ1v) is 8.52. The zero-order valence-corrected chi connectivity index (χ0v) is 14.3. The molecule has 0 saturated heterocycles. The van der Waals surface area contributed by atoms with Crippen molar-refractivity contribution < 1.29 is 13.6 Å². The van der Waals surface area contributed by atoms with Crippen molar-refractivity contribution in [3.63, 3.8) is 0 Å². The number of hydrogen-bond donors (Lipinski definition) is 1. The van der Waals surface area contributed by atoms with Gasteiger partial charge in [-0.15, -0.1) is 0 Å². The van der Waals surface area contributed by atoms with E-state index in [2.05, 4.69) is 5.32 Å². The van der Waals surface area contributed by atoms with E-state index in [1.54, 1.807) is 0 Å². The molecule has 1 amide bonds. The fourth-order valence-corrected chi connectivity index (χ4v) is 2.87. The van der Waals surface area contributed by atoms with E-state index in [-0.39, 0.29) is 12.5 Å². The first-order valence-electron chi connectivity index (χ1n) is 8.52. The van der Waals surface area contributed by atoms with Crippen molar-refractivity contribution in [2.45, 2.75) is 38.9 Å². The maximum Gasteiger partial charge on any atom is 0.234 e. The largest absolute Gasteiger partial charge is 0.351 e. The molecule has 1 aliphatic rings. The summed E-state index contributed by atoms with van der Waals surface area (Å²) in [6.07, 6.45) is 2.02. The van der Waals surface area contributed by atoms with E-state index in [0.717, 1.165) is 30.0 Å². The number of nitrogens with zero attached hydrogens (tertiary/aromatic N) is 1. The van der Waals surface area contributed by atoms with Crippen LogP contribution in [0.3, 0.4) is 0 Å². The first-order chi connectivity index (χ1) is 12.0. The Morgan fingerprint density at radius 1 is 1.16 bits per heavy atom. The molecule has 3 rings (SSSR count). The predicted molar refractivity (Wildman–Crippen MR) is 92.8 cm³/mol. The second-order valence-corrected chi connectivity index (χ2v) is 6.58. The van der Waals surface area contributed by atoms with Crippen LogP contribution in [-0.4, -0.2) is 23.4 Å². The van der Waals surface area contributed by atoms with Crippen LogP contribution >= 0.6 is 0 Å². The molecule has 2 aromatic rings. The van der Waals surface area contributed by atoms with E-state index < -0.39 is 11.6 Å². The van der Waals surface area contributed by atoms with Gasteiger partial charge in [0, 0.05) is 30.8 Å². The summed E-state index contributed by atoms with van der Waals surface area (Å²) in [5, 5.41) is 2.93. The number of aryl methyl sites for hydroxylation is 1. The van der Waals surface area contributed by atoms with Gasteiger partial charge in [-0.25, -0.2) is 8.78 Å². The number of carbonyl (C=O) groups excluding carboxylic acids is 1. The van der Waals surface area contributed by atoms with Crippen molar-refractivity contribution in [1.82, 2.24) is 10.2 Å². The minimum atomic E-state index is -0.588. The molecule has 0 bridgehead atoms. The highest BCUT2D eigenvalue weighted by Crippen LogP contribution is 2.28. The second kappa shape index (κ2) is 7.74. The molecular formula is C20H22F2N2O. The molecule has 1 saturated carbocycles. The lowest BCUT2D eigenvalue weighted by Gasteiger charge is -2.22. The maximum absolute atomic E-state index is 13.9. The van der Waals surface area contributed by atoms with E-state index in [4.69, 9.17) is 0 Å². The first kappa shape index (κ1) is 17.5. The van der Waals surface area contributed by atoms with Gasteiger partial charge < -0.3 is 5.32 Å². The average molecular weight is 344 g/mol. The summed E-state index contributed by atoms with van der Waals surface area (Å²) in [6.45, 7) is 3.02. The smallest absolute Gasteiger partial charge is 0.234 e. The van der Waals surface area contributed by atoms with Crippen LogP contribution in [0.25, 0.3) is 0 Å². The molecule has 3 nitrogen and oxygen atoms in total. The van der Waals surface area contributed by atoms with E-state index in [1.165, 1.54) is 12.1 Å². The molecule has 0 radical (unpaired) electrons. The van der Waals surface area contributed by atoms with Gasteiger partial charge in [-0.3, -0.25) is 9.69 Å². The highest BCUT2D eigenvalue weighted by molar-refractivity contribution is 5.78. The molecule has 1 aliphatic carbocycles. The summed E-state index contributed by atoms with van der Waals surface area (Å²) in [6, 6.07) is 11.8. The number of hydrogen-bond acceptors (Lipinski definition) is 2. The summed E-state index contributed by atoms with van der Waals surface area (Å²) in [7, 11) is 0. The molecular weight excluding hydrogens is 322 g/mol. The molecule has 1 fully saturated rings. The van der Waals surface area contributed by atoms with E-state index >= 15 is 0 Å². The average Bonchev–Trinajstić information content (AvgIpc) is 3.41. The van der Waals surface area contributed by atoms with Crippen molar-refractivity contribution in [3.8, 4) is 0 Å². The van der Waals surface area contributed by atoms with Crippen LogP contribution in [0.1, 0.15) is 29.5 Å². The molecule has 5 heteroatoms. The number of rotatable bonds is 7. The molecule has 0 heterocycles. The zero-order valence-electron chi connectivity index (χ0n) is 14.3. The van der Waals surface area contributed by atoms with Crippen LogP contribution in [0.4, 0.5) is 8.78 Å². The van der Waals surface area contributed by atoms with E-state index in [1.807, 2.05) is 36.1 Å². The van der Waals surface area contributed by atoms with Gasteiger partial charge in [0.15, 0.2) is 0 Å². The van der Waals surface area contributed by atoms with Crippen molar-refractivity contribution in [2.24, 2.45) is 0 Å². The van der Waals surface area contributed by atoms with Crippen molar-refractivity contribution >= 4 is 5.91 Å². The van der Waals surface area contributed by atoms with Gasteiger partial charge in [0.25, 0.3) is 0 Å². The lowest BCUT2D eigenvalue weighted by molar-refractivity contribution is -0.122. The highest BCUT2D eigenvalue weighted by Gasteiger charge is 2.30. The molecule has 25 heavy (non-hydrogen) atoms. The van der Waals surface area contributed by atoms with E-state index in [9.17, 15) is 13.6 Å². The number of benzene rings is 2. The molecule has 2 aromatic carbocycles. The fraction of sp³-hybridized carbons (Fsp3) is 0.350. The Bertz CT molecular complexity index is 759. The Morgan fingerprint density at radius 2 is 1.92 bits per heavy atom. The van der Waals surface area contributed by atoms with Crippen LogP contribution in [0.15, 0.2) is 42.5 Å². The normalized spacial score (nSPS) is 13.9. The highest BCUT2D eigenvalue weighted by atomic mass is 19.1. The monoisotopic (exact) mass is 344 g/mol. The summed E-state index contributed by atoms with van der Waals surface area (Å²) in [5.74, 6) is -1.24. The van der Waals surface area contributed by atoms with Crippen molar-refractivity contribution in [3.05, 3.63) is 70.8 Å². The topological polar surface area (TPSA) is 32.3 Å². The van der Waals surface area contributed by atoms with Gasteiger partial charge in [-0.2, -0.15) is 0 Å². The Balaban J connectivity index is 1.58. The van der Waals surface area contributed by atoms with Gasteiger partial charge in [0.2, 0.25) is 5.91 Å². The Labute approximate surface area is 146 Å². The number of nitrogens with one attached hydrogen (secondary N) is 1. The Hall–Kier alpha value is -2.27. The lowest BCUT2D eigenvalue weighted by atomic mass is 10.1. The summed E-state index contributed by atoms with van der Waals surface area (Å²) in [4.78, 5) is 14.3. The van der Waals surface area contributed by atoms with Crippen LogP contribution in [0.5, 0.6) is 0 Å². The number of carbonyl (C=O) groups is 1. The number of halogens is 2. The molecule has 0 aliphatic heterocycles. The zero-order chi connectivity index (χ0) is 17.8. The van der Waals surface area contributed by atoms with Gasteiger partial charge in [0.1, 0.15) is 11.6 Å². The molecule has 0 aromatic heterocycles. The van der Waals surface area contributed by atoms with Crippen LogP contribution in [-0.2, 0) is 17.9 Å². The van der Waals surface area contributed by atoms with Gasteiger partial charge in [-0.05, 0) is 37.0 Å². The molecule has 0 spiro atoms. The SMILES string of the molecule is Cc1ccccc1CNC(=O)CN(Cc1ccc(F)cc1F)C1CC1. The fourth-order valence-electron chi connectivity index (χ4n) is 2.87. The summed E-state index contributed by atoms with van der Waals surface area (Å²) < 4.78 is 26.9. The van der Waals surface area contributed by atoms with Crippen LogP contribution < -0.4 is 5.32 Å². The molecule has 132 valence electrons. The third kappa shape index (κ3) is 4.86. The van der Waals surface area contributed by atoms with Gasteiger partial charge in [-0.1, -0.05) is 30.3 Å². The van der Waals surface area contributed by atoms with Gasteiger partial charge in [0.05, 0.1) is 6.54 Å². The molecule has 0 atom stereocenters. The number of amides is 1. The van der Waals surface area contributed by atoms with E-state index in [0.29, 0.717) is 24.7 Å². The quantitative estimate of drug-likeness (QED) is 0.833. The third-order valence-corrected chi connectivity index (χ3v) is 4.54. The van der Waals surface area contributed by atoms with Crippen molar-refractivity contribution in [1.29, 1.82) is 0 Å². The Morgan fingerprint density at radius 3 is 2.60 bits per heavy atom. The second-order valence-electron chi connectivity index (χ2n) is 6.58.